The van der Waals surface area contributed by atoms with E-state index >= 15 is 0 Å². The van der Waals surface area contributed by atoms with Gasteiger partial charge in [-0.25, -0.2) is 9.78 Å². The molecular weight excluding hydrogens is 230 g/mol. The molecule has 1 heterocycles. The van der Waals surface area contributed by atoms with Crippen LogP contribution in [0.2, 0.25) is 0 Å². The Morgan fingerprint density at radius 3 is 2.72 bits per heavy atom. The van der Waals surface area contributed by atoms with E-state index in [1.165, 1.54) is 7.11 Å². The first-order chi connectivity index (χ1) is 8.58. The highest BCUT2D eigenvalue weighted by Crippen LogP contribution is 2.12. The van der Waals surface area contributed by atoms with Gasteiger partial charge in [0.25, 0.3) is 0 Å². The third kappa shape index (κ3) is 4.00. The first-order valence-corrected chi connectivity index (χ1v) is 6.03. The van der Waals surface area contributed by atoms with Crippen molar-refractivity contribution in [3.05, 3.63) is 23.4 Å². The Balaban J connectivity index is 2.64. The van der Waals surface area contributed by atoms with E-state index in [2.05, 4.69) is 27.3 Å². The fourth-order valence-corrected chi connectivity index (χ4v) is 1.68. The number of anilines is 1. The van der Waals surface area contributed by atoms with Gasteiger partial charge in [-0.05, 0) is 38.6 Å². The van der Waals surface area contributed by atoms with E-state index in [1.54, 1.807) is 19.1 Å². The molecule has 5 nitrogen and oxygen atoms in total. The third-order valence-corrected chi connectivity index (χ3v) is 2.68. The summed E-state index contributed by atoms with van der Waals surface area (Å²) in [5, 5.41) is 6.38. The van der Waals surface area contributed by atoms with Gasteiger partial charge in [0, 0.05) is 6.54 Å². The number of methoxy groups -OCH3 is 1. The van der Waals surface area contributed by atoms with Crippen molar-refractivity contribution < 1.29 is 9.53 Å². The zero-order valence-electron chi connectivity index (χ0n) is 11.4. The van der Waals surface area contributed by atoms with Gasteiger partial charge in [-0.15, -0.1) is 0 Å². The minimum absolute atomic E-state index is 0.352. The minimum Gasteiger partial charge on any atom is -0.465 e. The van der Waals surface area contributed by atoms with E-state index < -0.39 is 0 Å². The molecule has 0 fully saturated rings. The Morgan fingerprint density at radius 1 is 1.44 bits per heavy atom. The quantitative estimate of drug-likeness (QED) is 0.749. The van der Waals surface area contributed by atoms with Crippen molar-refractivity contribution in [2.24, 2.45) is 5.92 Å². The minimum atomic E-state index is -0.352. The fraction of sp³-hybridized carbons (Fsp3) is 0.538. The first kappa shape index (κ1) is 14.4. The monoisotopic (exact) mass is 251 g/mol. The molecule has 1 unspecified atom stereocenters. The summed E-state index contributed by atoms with van der Waals surface area (Å²) in [4.78, 5) is 15.7. The zero-order chi connectivity index (χ0) is 13.5. The van der Waals surface area contributed by atoms with Crippen molar-refractivity contribution in [1.29, 1.82) is 0 Å². The van der Waals surface area contributed by atoms with E-state index in [4.69, 9.17) is 0 Å². The lowest BCUT2D eigenvalue weighted by molar-refractivity contribution is 0.0599. The van der Waals surface area contributed by atoms with Crippen molar-refractivity contribution >= 4 is 11.8 Å². The molecule has 0 amide bonds. The van der Waals surface area contributed by atoms with Crippen molar-refractivity contribution in [2.75, 3.05) is 32.6 Å². The molecule has 1 rings (SSSR count). The number of pyridine rings is 1. The first-order valence-electron chi connectivity index (χ1n) is 6.03. The van der Waals surface area contributed by atoms with Gasteiger partial charge in [0.2, 0.25) is 0 Å². The predicted molar refractivity (Wildman–Crippen MR) is 71.9 cm³/mol. The molecule has 0 radical (unpaired) electrons. The summed E-state index contributed by atoms with van der Waals surface area (Å²) in [6.45, 7) is 5.74. The van der Waals surface area contributed by atoms with Crippen LogP contribution in [0.25, 0.3) is 0 Å². The van der Waals surface area contributed by atoms with Gasteiger partial charge in [0.1, 0.15) is 5.82 Å². The summed E-state index contributed by atoms with van der Waals surface area (Å²) in [6.07, 6.45) is 0. The van der Waals surface area contributed by atoms with Crippen LogP contribution in [0.15, 0.2) is 12.1 Å². The van der Waals surface area contributed by atoms with Gasteiger partial charge in [-0.2, -0.15) is 0 Å². The molecule has 0 bridgehead atoms. The number of ether oxygens (including phenoxy) is 1. The molecule has 0 saturated heterocycles. The van der Waals surface area contributed by atoms with Crippen LogP contribution in [0, 0.1) is 12.8 Å². The fourth-order valence-electron chi connectivity index (χ4n) is 1.68. The Hall–Kier alpha value is -1.62. The molecule has 2 N–H and O–H groups in total. The van der Waals surface area contributed by atoms with Crippen molar-refractivity contribution in [2.45, 2.75) is 13.8 Å². The molecule has 0 aliphatic heterocycles. The average Bonchev–Trinajstić information content (AvgIpc) is 2.36. The third-order valence-electron chi connectivity index (χ3n) is 2.68. The summed E-state index contributed by atoms with van der Waals surface area (Å²) in [7, 11) is 3.30. The topological polar surface area (TPSA) is 63.2 Å². The number of carbonyl (C=O) groups excluding carboxylic acids is 1. The SMILES string of the molecule is CNCC(C)CNc1ccc(C(=O)OC)c(C)n1. The van der Waals surface area contributed by atoms with Crippen LogP contribution in [0.4, 0.5) is 5.82 Å². The number of aromatic nitrogens is 1. The smallest absolute Gasteiger partial charge is 0.339 e. The Morgan fingerprint density at radius 2 is 2.17 bits per heavy atom. The molecule has 1 aromatic heterocycles. The maximum Gasteiger partial charge on any atom is 0.339 e. The maximum atomic E-state index is 11.4. The second kappa shape index (κ2) is 6.96. The highest BCUT2D eigenvalue weighted by Gasteiger charge is 2.10. The molecule has 0 aliphatic rings. The summed E-state index contributed by atoms with van der Waals surface area (Å²) < 4.78 is 4.68. The van der Waals surface area contributed by atoms with E-state index in [0.717, 1.165) is 18.9 Å². The van der Waals surface area contributed by atoms with Crippen LogP contribution in [0.3, 0.4) is 0 Å². The average molecular weight is 251 g/mol. The normalized spacial score (nSPS) is 12.0. The largest absolute Gasteiger partial charge is 0.465 e. The Kier molecular flexibility index (Phi) is 5.58. The summed E-state index contributed by atoms with van der Waals surface area (Å²) in [6, 6.07) is 3.53. The van der Waals surface area contributed by atoms with Crippen LogP contribution in [0.1, 0.15) is 23.0 Å². The lowest BCUT2D eigenvalue weighted by Crippen LogP contribution is -2.23. The van der Waals surface area contributed by atoms with Gasteiger partial charge >= 0.3 is 5.97 Å². The molecule has 0 aliphatic carbocycles. The number of esters is 1. The number of nitrogens with zero attached hydrogens (tertiary/aromatic N) is 1. The lowest BCUT2D eigenvalue weighted by atomic mass is 10.2. The van der Waals surface area contributed by atoms with Gasteiger partial charge in [0.15, 0.2) is 0 Å². The number of hydrogen-bond donors (Lipinski definition) is 2. The molecular formula is C13H21N3O2. The summed E-state index contributed by atoms with van der Waals surface area (Å²) in [5.74, 6) is 0.940. The molecule has 5 heteroatoms. The highest BCUT2D eigenvalue weighted by atomic mass is 16.5. The summed E-state index contributed by atoms with van der Waals surface area (Å²) >= 11 is 0. The molecule has 1 aromatic rings. The molecule has 18 heavy (non-hydrogen) atoms. The highest BCUT2D eigenvalue weighted by molar-refractivity contribution is 5.90. The van der Waals surface area contributed by atoms with Gasteiger partial charge in [-0.1, -0.05) is 6.92 Å². The van der Waals surface area contributed by atoms with E-state index in [0.29, 0.717) is 17.2 Å². The number of carbonyl (C=O) groups is 1. The van der Waals surface area contributed by atoms with Crippen LogP contribution in [-0.2, 0) is 4.74 Å². The molecule has 0 spiro atoms. The Labute approximate surface area is 108 Å². The van der Waals surface area contributed by atoms with Crippen LogP contribution in [-0.4, -0.2) is 38.2 Å². The van der Waals surface area contributed by atoms with Gasteiger partial charge < -0.3 is 15.4 Å². The van der Waals surface area contributed by atoms with Crippen molar-refractivity contribution in [3.63, 3.8) is 0 Å². The van der Waals surface area contributed by atoms with Crippen molar-refractivity contribution in [1.82, 2.24) is 10.3 Å². The Bertz CT molecular complexity index is 407. The standard InChI is InChI=1S/C13H21N3O2/c1-9(7-14-3)8-15-12-6-5-11(10(2)16-12)13(17)18-4/h5-6,9,14H,7-8H2,1-4H3,(H,15,16). The number of hydrogen-bond acceptors (Lipinski definition) is 5. The van der Waals surface area contributed by atoms with E-state index in [1.807, 2.05) is 7.05 Å². The van der Waals surface area contributed by atoms with Crippen LogP contribution < -0.4 is 10.6 Å². The van der Waals surface area contributed by atoms with Gasteiger partial charge in [-0.3, -0.25) is 0 Å². The second-order valence-electron chi connectivity index (χ2n) is 4.36. The molecule has 0 aromatic carbocycles. The summed E-state index contributed by atoms with van der Waals surface area (Å²) in [5.41, 5.74) is 1.18. The number of nitrogens with one attached hydrogen (secondary N) is 2. The number of rotatable bonds is 6. The number of aryl methyl sites for hydroxylation is 1. The van der Waals surface area contributed by atoms with Crippen LogP contribution >= 0.6 is 0 Å². The van der Waals surface area contributed by atoms with Gasteiger partial charge in [0.05, 0.1) is 18.4 Å². The molecule has 0 saturated carbocycles. The zero-order valence-corrected chi connectivity index (χ0v) is 11.4. The van der Waals surface area contributed by atoms with E-state index in [-0.39, 0.29) is 5.97 Å². The lowest BCUT2D eigenvalue weighted by Gasteiger charge is -2.13. The predicted octanol–water partition coefficient (Wildman–Crippen LogP) is 1.44. The second-order valence-corrected chi connectivity index (χ2v) is 4.36. The maximum absolute atomic E-state index is 11.4. The molecule has 1 atom stereocenters. The van der Waals surface area contributed by atoms with E-state index in [9.17, 15) is 4.79 Å². The molecule has 100 valence electrons. The van der Waals surface area contributed by atoms with Crippen molar-refractivity contribution in [3.8, 4) is 0 Å². The van der Waals surface area contributed by atoms with Crippen LogP contribution in [0.5, 0.6) is 0 Å².